The molecule has 1 aromatic heterocycles. The van der Waals surface area contributed by atoms with E-state index in [0.717, 1.165) is 32.2 Å². The summed E-state index contributed by atoms with van der Waals surface area (Å²) in [5.74, 6) is 0.644. The minimum absolute atomic E-state index is 0.0257. The predicted molar refractivity (Wildman–Crippen MR) is 102 cm³/mol. The van der Waals surface area contributed by atoms with Crippen LogP contribution in [-0.4, -0.2) is 18.8 Å². The average Bonchev–Trinajstić information content (AvgIpc) is 2.91. The van der Waals surface area contributed by atoms with Gasteiger partial charge in [0.2, 0.25) is 5.91 Å². The zero-order valence-electron chi connectivity index (χ0n) is 15.4. The Kier molecular flexibility index (Phi) is 6.37. The van der Waals surface area contributed by atoms with Crippen LogP contribution in [0.1, 0.15) is 57.0 Å². The molecule has 2 rings (SSSR count). The first kappa shape index (κ1) is 19.2. The molecule has 25 heavy (non-hydrogen) atoms. The lowest BCUT2D eigenvalue weighted by molar-refractivity contribution is -0.121. The first-order valence-corrected chi connectivity index (χ1v) is 9.17. The number of ketones is 1. The van der Waals surface area contributed by atoms with E-state index in [0.29, 0.717) is 0 Å². The molecule has 4 nitrogen and oxygen atoms in total. The number of carbonyl (C=O) groups excluding carboxylic acids is 2. The Morgan fingerprint density at radius 3 is 2.48 bits per heavy atom. The fourth-order valence-corrected chi connectivity index (χ4v) is 3.80. The molecule has 134 valence electrons. The largest absolute Gasteiger partial charge is 0.496 e. The van der Waals surface area contributed by atoms with Crippen molar-refractivity contribution in [3.05, 3.63) is 50.7 Å². The Labute approximate surface area is 153 Å². The van der Waals surface area contributed by atoms with E-state index in [4.69, 9.17) is 4.74 Å². The standard InChI is InChI=1S/C20H25NO3S/c1-12-6-8-19(24-5)16(10-12)14(3)21-20(23)9-7-18(22)17-11-13(2)25-15(17)4/h6,8,10-11,14H,7,9H2,1-5H3,(H,21,23)/t14-/m0/s1. The maximum Gasteiger partial charge on any atom is 0.220 e. The van der Waals surface area contributed by atoms with Gasteiger partial charge in [0, 0.05) is 33.7 Å². The molecule has 0 radical (unpaired) electrons. The number of Topliss-reactive ketones (excluding diaryl/α,β-unsaturated/α-hetero) is 1. The summed E-state index contributed by atoms with van der Waals surface area (Å²) in [6.45, 7) is 7.85. The minimum atomic E-state index is -0.178. The van der Waals surface area contributed by atoms with E-state index in [2.05, 4.69) is 5.32 Å². The second-order valence-electron chi connectivity index (χ2n) is 6.28. The van der Waals surface area contributed by atoms with Gasteiger partial charge in [-0.2, -0.15) is 0 Å². The zero-order chi connectivity index (χ0) is 18.6. The first-order valence-electron chi connectivity index (χ1n) is 8.36. The van der Waals surface area contributed by atoms with Crippen molar-refractivity contribution in [3.8, 4) is 5.75 Å². The van der Waals surface area contributed by atoms with Crippen molar-refractivity contribution < 1.29 is 14.3 Å². The topological polar surface area (TPSA) is 55.4 Å². The highest BCUT2D eigenvalue weighted by atomic mass is 32.1. The highest BCUT2D eigenvalue weighted by Gasteiger charge is 2.17. The van der Waals surface area contributed by atoms with Crippen molar-refractivity contribution in [3.63, 3.8) is 0 Å². The zero-order valence-corrected chi connectivity index (χ0v) is 16.3. The van der Waals surface area contributed by atoms with Crippen LogP contribution in [0.3, 0.4) is 0 Å². The summed E-state index contributed by atoms with van der Waals surface area (Å²) in [5.41, 5.74) is 2.78. The van der Waals surface area contributed by atoms with Gasteiger partial charge in [0.25, 0.3) is 0 Å². The number of ether oxygens (including phenoxy) is 1. The van der Waals surface area contributed by atoms with Crippen molar-refractivity contribution in [2.45, 2.75) is 46.6 Å². The van der Waals surface area contributed by atoms with Gasteiger partial charge in [-0.1, -0.05) is 17.7 Å². The third-order valence-electron chi connectivity index (χ3n) is 4.15. The van der Waals surface area contributed by atoms with Crippen LogP contribution >= 0.6 is 11.3 Å². The summed E-state index contributed by atoms with van der Waals surface area (Å²) >= 11 is 1.61. The molecule has 0 saturated carbocycles. The van der Waals surface area contributed by atoms with Crippen molar-refractivity contribution in [2.75, 3.05) is 7.11 Å². The Hall–Kier alpha value is -2.14. The first-order chi connectivity index (χ1) is 11.8. The number of methoxy groups -OCH3 is 1. The summed E-state index contributed by atoms with van der Waals surface area (Å²) in [4.78, 5) is 26.7. The van der Waals surface area contributed by atoms with Crippen molar-refractivity contribution >= 4 is 23.0 Å². The maximum atomic E-state index is 12.3. The van der Waals surface area contributed by atoms with E-state index in [9.17, 15) is 9.59 Å². The van der Waals surface area contributed by atoms with Gasteiger partial charge in [-0.15, -0.1) is 11.3 Å². The fourth-order valence-electron chi connectivity index (χ4n) is 2.85. The highest BCUT2D eigenvalue weighted by Crippen LogP contribution is 2.26. The van der Waals surface area contributed by atoms with Gasteiger partial charge in [-0.25, -0.2) is 0 Å². The van der Waals surface area contributed by atoms with E-state index < -0.39 is 0 Å². The van der Waals surface area contributed by atoms with Crippen molar-refractivity contribution in [1.29, 1.82) is 0 Å². The van der Waals surface area contributed by atoms with Crippen LogP contribution in [0.15, 0.2) is 24.3 Å². The highest BCUT2D eigenvalue weighted by molar-refractivity contribution is 7.12. The molecule has 0 aliphatic carbocycles. The maximum absolute atomic E-state index is 12.3. The Bertz CT molecular complexity index is 779. The molecule has 1 aromatic carbocycles. The van der Waals surface area contributed by atoms with E-state index in [1.807, 2.05) is 52.0 Å². The van der Waals surface area contributed by atoms with Crippen LogP contribution in [0.5, 0.6) is 5.75 Å². The Balaban J connectivity index is 1.95. The molecule has 5 heteroatoms. The fraction of sp³-hybridized carbons (Fsp3) is 0.400. The molecule has 0 fully saturated rings. The summed E-state index contributed by atoms with van der Waals surface area (Å²) < 4.78 is 5.37. The number of amides is 1. The summed E-state index contributed by atoms with van der Waals surface area (Å²) in [7, 11) is 1.62. The lowest BCUT2D eigenvalue weighted by Gasteiger charge is -2.18. The van der Waals surface area contributed by atoms with Gasteiger partial charge in [0.1, 0.15) is 5.75 Å². The molecule has 1 N–H and O–H groups in total. The molecular weight excluding hydrogens is 334 g/mol. The van der Waals surface area contributed by atoms with Crippen molar-refractivity contribution in [1.82, 2.24) is 5.32 Å². The summed E-state index contributed by atoms with van der Waals surface area (Å²) in [6.07, 6.45) is 0.409. The smallest absolute Gasteiger partial charge is 0.220 e. The van der Waals surface area contributed by atoms with Crippen LogP contribution < -0.4 is 10.1 Å². The number of thiophene rings is 1. The van der Waals surface area contributed by atoms with Gasteiger partial charge in [-0.3, -0.25) is 9.59 Å². The third kappa shape index (κ3) is 4.92. The van der Waals surface area contributed by atoms with Crippen LogP contribution in [0.25, 0.3) is 0 Å². The monoisotopic (exact) mass is 359 g/mol. The average molecular weight is 359 g/mol. The number of rotatable bonds is 7. The summed E-state index contributed by atoms with van der Waals surface area (Å²) in [5, 5.41) is 2.96. The van der Waals surface area contributed by atoms with Gasteiger partial charge in [-0.05, 0) is 39.8 Å². The predicted octanol–water partition coefficient (Wildman–Crippen LogP) is 4.52. The molecule has 1 heterocycles. The van der Waals surface area contributed by atoms with Crippen LogP contribution in [0.4, 0.5) is 0 Å². The molecule has 1 amide bonds. The van der Waals surface area contributed by atoms with Gasteiger partial charge < -0.3 is 10.1 Å². The minimum Gasteiger partial charge on any atom is -0.496 e. The van der Waals surface area contributed by atoms with E-state index in [1.165, 1.54) is 0 Å². The SMILES string of the molecule is COc1ccc(C)cc1[C@H](C)NC(=O)CCC(=O)c1cc(C)sc1C. The number of nitrogens with one attached hydrogen (secondary N) is 1. The molecule has 0 aliphatic heterocycles. The molecule has 2 aromatic rings. The number of carbonyl (C=O) groups is 2. The number of benzene rings is 1. The normalized spacial score (nSPS) is 11.9. The molecule has 0 unspecified atom stereocenters. The number of aryl methyl sites for hydroxylation is 3. The lowest BCUT2D eigenvalue weighted by atomic mass is 10.0. The quantitative estimate of drug-likeness (QED) is 0.739. The lowest BCUT2D eigenvalue weighted by Crippen LogP contribution is -2.27. The van der Waals surface area contributed by atoms with E-state index >= 15 is 0 Å². The van der Waals surface area contributed by atoms with E-state index in [-0.39, 0.29) is 30.6 Å². The summed E-state index contributed by atoms with van der Waals surface area (Å²) in [6, 6.07) is 7.61. The second-order valence-corrected chi connectivity index (χ2v) is 7.75. The van der Waals surface area contributed by atoms with E-state index in [1.54, 1.807) is 18.4 Å². The molecule has 0 bridgehead atoms. The molecule has 0 saturated heterocycles. The molecule has 0 aliphatic rings. The molecule has 0 spiro atoms. The number of hydrogen-bond donors (Lipinski definition) is 1. The Morgan fingerprint density at radius 2 is 1.88 bits per heavy atom. The molecule has 1 atom stereocenters. The Morgan fingerprint density at radius 1 is 1.16 bits per heavy atom. The third-order valence-corrected chi connectivity index (χ3v) is 5.12. The van der Waals surface area contributed by atoms with Crippen molar-refractivity contribution in [2.24, 2.45) is 0 Å². The molecular formula is C20H25NO3S. The van der Waals surface area contributed by atoms with Crippen LogP contribution in [0.2, 0.25) is 0 Å². The number of hydrogen-bond acceptors (Lipinski definition) is 4. The van der Waals surface area contributed by atoms with Gasteiger partial charge in [0.15, 0.2) is 5.78 Å². The van der Waals surface area contributed by atoms with Crippen LogP contribution in [0, 0.1) is 20.8 Å². The van der Waals surface area contributed by atoms with Gasteiger partial charge in [0.05, 0.1) is 13.2 Å². The van der Waals surface area contributed by atoms with Gasteiger partial charge >= 0.3 is 0 Å². The van der Waals surface area contributed by atoms with Crippen LogP contribution in [-0.2, 0) is 4.79 Å². The second kappa shape index (κ2) is 8.30.